The van der Waals surface area contributed by atoms with Gasteiger partial charge in [-0.3, -0.25) is 4.57 Å². The maximum Gasteiger partial charge on any atom is 0.140 e. The van der Waals surface area contributed by atoms with Crippen molar-refractivity contribution in [1.82, 2.24) is 9.55 Å². The van der Waals surface area contributed by atoms with Crippen molar-refractivity contribution in [3.8, 4) is 11.8 Å². The van der Waals surface area contributed by atoms with Gasteiger partial charge in [-0.25, -0.2) is 4.98 Å². The van der Waals surface area contributed by atoms with Crippen molar-refractivity contribution in [2.75, 3.05) is 5.73 Å². The number of aliphatic hydroxyl groups is 1. The first kappa shape index (κ1) is 13.4. The Labute approximate surface area is 125 Å². The quantitative estimate of drug-likeness (QED) is 0.712. The second-order valence-electron chi connectivity index (χ2n) is 4.55. The van der Waals surface area contributed by atoms with E-state index in [0.717, 1.165) is 5.52 Å². The summed E-state index contributed by atoms with van der Waals surface area (Å²) in [5, 5.41) is 18.9. The number of hydrogen-bond donors (Lipinski definition) is 2. The number of aliphatic hydroxyl groups excluding tert-OH is 1. The molecule has 0 aliphatic heterocycles. The van der Waals surface area contributed by atoms with E-state index in [9.17, 15) is 5.11 Å². The molecule has 0 aliphatic rings. The summed E-state index contributed by atoms with van der Waals surface area (Å²) in [5.41, 5.74) is 8.96. The van der Waals surface area contributed by atoms with Crippen LogP contribution in [0.25, 0.3) is 16.7 Å². The summed E-state index contributed by atoms with van der Waals surface area (Å²) < 4.78 is 1.76. The number of nitrogen functional groups attached to an aromatic ring is 1. The van der Waals surface area contributed by atoms with E-state index in [1.807, 2.05) is 12.1 Å². The Balaban J connectivity index is 2.31. The highest BCUT2D eigenvalue weighted by Gasteiger charge is 2.14. The summed E-state index contributed by atoms with van der Waals surface area (Å²) in [4.78, 5) is 4.36. The smallest absolute Gasteiger partial charge is 0.140 e. The number of hydrogen-bond acceptors (Lipinski definition) is 4. The zero-order valence-electron chi connectivity index (χ0n) is 10.9. The van der Waals surface area contributed by atoms with Gasteiger partial charge in [-0.15, -0.1) is 0 Å². The molecular weight excluding hydrogens is 288 g/mol. The molecule has 3 aromatic rings. The normalized spacial score (nSPS) is 10.7. The van der Waals surface area contributed by atoms with E-state index >= 15 is 0 Å². The summed E-state index contributed by atoms with van der Waals surface area (Å²) in [6, 6.07) is 12.4. The second kappa shape index (κ2) is 5.09. The van der Waals surface area contributed by atoms with Crippen LogP contribution in [0, 0.1) is 11.3 Å². The number of benzene rings is 2. The largest absolute Gasteiger partial charge is 0.399 e. The zero-order valence-corrected chi connectivity index (χ0v) is 11.7. The monoisotopic (exact) mass is 298 g/mol. The molecule has 0 radical (unpaired) electrons. The van der Waals surface area contributed by atoms with E-state index < -0.39 is 0 Å². The van der Waals surface area contributed by atoms with Crippen LogP contribution in [0.15, 0.2) is 36.4 Å². The fourth-order valence-corrected chi connectivity index (χ4v) is 2.54. The third kappa shape index (κ3) is 2.21. The summed E-state index contributed by atoms with van der Waals surface area (Å²) >= 11 is 6.25. The average Bonchev–Trinajstić information content (AvgIpc) is 2.84. The minimum atomic E-state index is -0.231. The molecule has 0 saturated heterocycles. The Morgan fingerprint density at radius 3 is 2.76 bits per heavy atom. The SMILES string of the molecule is N#Cc1ccc(-n2c(CO)nc3cc(N)ccc32)c(Cl)c1. The number of fused-ring (bicyclic) bond motifs is 1. The highest BCUT2D eigenvalue weighted by Crippen LogP contribution is 2.28. The molecule has 2 aromatic carbocycles. The summed E-state index contributed by atoms with van der Waals surface area (Å²) in [6.07, 6.45) is 0. The van der Waals surface area contributed by atoms with Crippen LogP contribution in [-0.2, 0) is 6.61 Å². The Hall–Kier alpha value is -2.55. The second-order valence-corrected chi connectivity index (χ2v) is 4.95. The average molecular weight is 299 g/mol. The first-order valence-electron chi connectivity index (χ1n) is 6.22. The fraction of sp³-hybridized carbons (Fsp3) is 0.0667. The maximum atomic E-state index is 9.53. The maximum absolute atomic E-state index is 9.53. The fourth-order valence-electron chi connectivity index (χ4n) is 2.28. The van der Waals surface area contributed by atoms with Crippen molar-refractivity contribution in [2.24, 2.45) is 0 Å². The lowest BCUT2D eigenvalue weighted by atomic mass is 10.2. The van der Waals surface area contributed by atoms with Gasteiger partial charge in [0, 0.05) is 5.69 Å². The number of imidazole rings is 1. The number of nitriles is 1. The van der Waals surface area contributed by atoms with E-state index in [2.05, 4.69) is 4.98 Å². The lowest BCUT2D eigenvalue weighted by Gasteiger charge is -2.10. The third-order valence-electron chi connectivity index (χ3n) is 3.21. The van der Waals surface area contributed by atoms with E-state index in [1.165, 1.54) is 0 Å². The molecule has 104 valence electrons. The summed E-state index contributed by atoms with van der Waals surface area (Å²) in [7, 11) is 0. The molecule has 3 rings (SSSR count). The van der Waals surface area contributed by atoms with Gasteiger partial charge < -0.3 is 10.8 Å². The highest BCUT2D eigenvalue weighted by atomic mass is 35.5. The van der Waals surface area contributed by atoms with Crippen LogP contribution in [0.2, 0.25) is 5.02 Å². The lowest BCUT2D eigenvalue weighted by molar-refractivity contribution is 0.270. The van der Waals surface area contributed by atoms with E-state index in [0.29, 0.717) is 33.3 Å². The molecule has 5 nitrogen and oxygen atoms in total. The molecule has 3 N–H and O–H groups in total. The van der Waals surface area contributed by atoms with Gasteiger partial charge in [-0.2, -0.15) is 5.26 Å². The molecule has 0 amide bonds. The van der Waals surface area contributed by atoms with Crippen molar-refractivity contribution in [3.05, 3.63) is 52.8 Å². The highest BCUT2D eigenvalue weighted by molar-refractivity contribution is 6.32. The molecule has 0 atom stereocenters. The number of nitrogens with two attached hydrogens (primary N) is 1. The topological polar surface area (TPSA) is 87.9 Å². The lowest BCUT2D eigenvalue weighted by Crippen LogP contribution is -2.02. The number of anilines is 1. The predicted molar refractivity (Wildman–Crippen MR) is 81.1 cm³/mol. The number of aromatic nitrogens is 2. The number of rotatable bonds is 2. The molecule has 0 aliphatic carbocycles. The standard InChI is InChI=1S/C15H11ClN4O/c16-11-5-9(7-17)1-3-13(11)20-14-4-2-10(18)6-12(14)19-15(20)8-21/h1-6,21H,8,18H2. The van der Waals surface area contributed by atoms with Gasteiger partial charge in [-0.1, -0.05) is 11.6 Å². The van der Waals surface area contributed by atoms with Gasteiger partial charge in [0.1, 0.15) is 12.4 Å². The van der Waals surface area contributed by atoms with Crippen molar-refractivity contribution in [2.45, 2.75) is 6.61 Å². The molecule has 21 heavy (non-hydrogen) atoms. The third-order valence-corrected chi connectivity index (χ3v) is 3.51. The zero-order chi connectivity index (χ0) is 15.0. The molecule has 0 bridgehead atoms. The molecule has 6 heteroatoms. The summed E-state index contributed by atoms with van der Waals surface area (Å²) in [6.45, 7) is -0.231. The first-order chi connectivity index (χ1) is 10.1. The van der Waals surface area contributed by atoms with Crippen molar-refractivity contribution in [3.63, 3.8) is 0 Å². The molecule has 1 aromatic heterocycles. The molecule has 1 heterocycles. The van der Waals surface area contributed by atoms with Crippen molar-refractivity contribution in [1.29, 1.82) is 5.26 Å². The van der Waals surface area contributed by atoms with E-state index in [4.69, 9.17) is 22.6 Å². The number of halogens is 1. The van der Waals surface area contributed by atoms with Gasteiger partial charge in [0.15, 0.2) is 0 Å². The van der Waals surface area contributed by atoms with Gasteiger partial charge in [0.25, 0.3) is 0 Å². The van der Waals surface area contributed by atoms with Crippen LogP contribution < -0.4 is 5.73 Å². The minimum absolute atomic E-state index is 0.231. The van der Waals surface area contributed by atoms with Crippen molar-refractivity contribution < 1.29 is 5.11 Å². The van der Waals surface area contributed by atoms with Gasteiger partial charge >= 0.3 is 0 Å². The molecule has 0 fully saturated rings. The minimum Gasteiger partial charge on any atom is -0.399 e. The van der Waals surface area contributed by atoms with Crippen LogP contribution in [0.3, 0.4) is 0 Å². The van der Waals surface area contributed by atoms with E-state index in [1.54, 1.807) is 34.9 Å². The predicted octanol–water partition coefficient (Wildman–Crippen LogP) is 2.63. The Morgan fingerprint density at radius 1 is 1.29 bits per heavy atom. The van der Waals surface area contributed by atoms with Gasteiger partial charge in [0.2, 0.25) is 0 Å². The van der Waals surface area contributed by atoms with E-state index in [-0.39, 0.29) is 6.61 Å². The van der Waals surface area contributed by atoms with Crippen LogP contribution in [0.4, 0.5) is 5.69 Å². The molecular formula is C15H11ClN4O. The molecule has 0 spiro atoms. The molecule has 0 unspecified atom stereocenters. The Bertz CT molecular complexity index is 879. The molecule has 0 saturated carbocycles. The summed E-state index contributed by atoms with van der Waals surface area (Å²) in [5.74, 6) is 0.460. The van der Waals surface area contributed by atoms with Crippen LogP contribution >= 0.6 is 11.6 Å². The van der Waals surface area contributed by atoms with Gasteiger partial charge in [0.05, 0.1) is 33.4 Å². The van der Waals surface area contributed by atoms with Crippen LogP contribution in [-0.4, -0.2) is 14.7 Å². The Morgan fingerprint density at radius 2 is 2.10 bits per heavy atom. The first-order valence-corrected chi connectivity index (χ1v) is 6.59. The van der Waals surface area contributed by atoms with Gasteiger partial charge in [-0.05, 0) is 36.4 Å². The Kier molecular flexibility index (Phi) is 3.26. The number of nitrogens with zero attached hydrogens (tertiary/aromatic N) is 3. The van der Waals surface area contributed by atoms with Crippen LogP contribution in [0.1, 0.15) is 11.4 Å². The van der Waals surface area contributed by atoms with Crippen LogP contribution in [0.5, 0.6) is 0 Å². The van der Waals surface area contributed by atoms with Crippen molar-refractivity contribution >= 4 is 28.3 Å².